The highest BCUT2D eigenvalue weighted by atomic mass is 16.3. The van der Waals surface area contributed by atoms with Gasteiger partial charge in [-0.25, -0.2) is 0 Å². The Labute approximate surface area is 108 Å². The normalized spacial score (nSPS) is 10.7. The lowest BCUT2D eigenvalue weighted by Crippen LogP contribution is -2.00. The minimum absolute atomic E-state index is 0.0603. The second kappa shape index (κ2) is 4.17. The van der Waals surface area contributed by atoms with Gasteiger partial charge in [0.1, 0.15) is 17.1 Å². The Kier molecular flexibility index (Phi) is 2.49. The van der Waals surface area contributed by atoms with Crippen molar-refractivity contribution >= 4 is 16.7 Å². The Morgan fingerprint density at radius 3 is 2.47 bits per heavy atom. The largest absolute Gasteiger partial charge is 0.508 e. The predicted molar refractivity (Wildman–Crippen MR) is 74.0 cm³/mol. The Morgan fingerprint density at radius 1 is 1.00 bits per heavy atom. The van der Waals surface area contributed by atoms with Gasteiger partial charge in [0.05, 0.1) is 5.39 Å². The van der Waals surface area contributed by atoms with Crippen LogP contribution >= 0.6 is 0 Å². The molecular weight excluding hydrogens is 242 g/mol. The van der Waals surface area contributed by atoms with Crippen molar-refractivity contribution < 1.29 is 9.52 Å². The molecule has 2 aromatic carbocycles. The Balaban J connectivity index is 2.25. The first-order valence-electron chi connectivity index (χ1n) is 5.76. The number of fused-ring (bicyclic) bond motifs is 1. The number of rotatable bonds is 1. The fourth-order valence-corrected chi connectivity index (χ4v) is 1.93. The van der Waals surface area contributed by atoms with E-state index in [1.165, 1.54) is 18.2 Å². The molecule has 3 rings (SSSR count). The minimum Gasteiger partial charge on any atom is -0.508 e. The van der Waals surface area contributed by atoms with Gasteiger partial charge in [-0.2, -0.15) is 0 Å². The van der Waals surface area contributed by atoms with Crippen LogP contribution in [-0.2, 0) is 0 Å². The van der Waals surface area contributed by atoms with Crippen LogP contribution in [0.1, 0.15) is 0 Å². The molecule has 0 amide bonds. The summed E-state index contributed by atoms with van der Waals surface area (Å²) in [5.74, 6) is 0.508. The smallest absolute Gasteiger partial charge is 0.193 e. The van der Waals surface area contributed by atoms with E-state index >= 15 is 0 Å². The number of phenolic OH excluding ortho intramolecular Hbond substituents is 1. The standard InChI is InChI=1S/C15H11NO3/c16-10-3-1-9(2-4-10)14-8-13(18)12-6-5-11(17)7-15(12)19-14/h1-8,17H,16H2. The average Bonchev–Trinajstić information content (AvgIpc) is 2.38. The molecule has 1 heterocycles. The fraction of sp³-hybridized carbons (Fsp3) is 0. The second-order valence-electron chi connectivity index (χ2n) is 4.28. The average molecular weight is 253 g/mol. The van der Waals surface area contributed by atoms with Gasteiger partial charge >= 0.3 is 0 Å². The van der Waals surface area contributed by atoms with Crippen molar-refractivity contribution in [2.24, 2.45) is 0 Å². The molecule has 0 atom stereocenters. The van der Waals surface area contributed by atoms with Crippen LogP contribution in [0.3, 0.4) is 0 Å². The number of aromatic hydroxyl groups is 1. The molecule has 0 fully saturated rings. The number of hydrogen-bond acceptors (Lipinski definition) is 4. The summed E-state index contributed by atoms with van der Waals surface area (Å²) in [6, 6.07) is 12.9. The summed E-state index contributed by atoms with van der Waals surface area (Å²) in [6.45, 7) is 0. The first kappa shape index (κ1) is 11.3. The monoisotopic (exact) mass is 253 g/mol. The molecule has 4 heteroatoms. The molecule has 0 aliphatic rings. The highest BCUT2D eigenvalue weighted by Crippen LogP contribution is 2.24. The van der Waals surface area contributed by atoms with E-state index in [0.29, 0.717) is 22.4 Å². The van der Waals surface area contributed by atoms with Gasteiger partial charge < -0.3 is 15.3 Å². The first-order valence-corrected chi connectivity index (χ1v) is 5.76. The molecule has 0 aliphatic carbocycles. The third-order valence-corrected chi connectivity index (χ3v) is 2.91. The zero-order valence-electron chi connectivity index (χ0n) is 9.96. The summed E-state index contributed by atoms with van der Waals surface area (Å²) in [7, 11) is 0. The number of nitrogen functional groups attached to an aromatic ring is 1. The summed E-state index contributed by atoms with van der Waals surface area (Å²) in [6.07, 6.45) is 0. The van der Waals surface area contributed by atoms with Crippen molar-refractivity contribution in [1.29, 1.82) is 0 Å². The molecule has 0 unspecified atom stereocenters. The Hall–Kier alpha value is -2.75. The zero-order chi connectivity index (χ0) is 13.4. The van der Waals surface area contributed by atoms with E-state index < -0.39 is 0 Å². The Morgan fingerprint density at radius 2 is 1.74 bits per heavy atom. The lowest BCUT2D eigenvalue weighted by atomic mass is 10.1. The Bertz CT molecular complexity index is 804. The molecule has 0 aliphatic heterocycles. The maximum atomic E-state index is 12.0. The third kappa shape index (κ3) is 2.04. The van der Waals surface area contributed by atoms with Crippen LogP contribution in [0.5, 0.6) is 5.75 Å². The van der Waals surface area contributed by atoms with Gasteiger partial charge in [-0.05, 0) is 36.4 Å². The molecule has 0 saturated heterocycles. The number of hydrogen-bond donors (Lipinski definition) is 2. The molecule has 19 heavy (non-hydrogen) atoms. The van der Waals surface area contributed by atoms with Gasteiger partial charge in [0, 0.05) is 23.4 Å². The van der Waals surface area contributed by atoms with Gasteiger partial charge in [0.15, 0.2) is 5.43 Å². The quantitative estimate of drug-likeness (QED) is 0.654. The van der Waals surface area contributed by atoms with Crippen molar-refractivity contribution in [3.8, 4) is 17.1 Å². The van der Waals surface area contributed by atoms with E-state index in [1.807, 2.05) is 0 Å². The minimum atomic E-state index is -0.145. The molecule has 0 radical (unpaired) electrons. The van der Waals surface area contributed by atoms with Crippen LogP contribution in [0.2, 0.25) is 0 Å². The van der Waals surface area contributed by atoms with Crippen LogP contribution in [0, 0.1) is 0 Å². The van der Waals surface area contributed by atoms with Crippen molar-refractivity contribution in [2.45, 2.75) is 0 Å². The molecule has 1 aromatic heterocycles. The van der Waals surface area contributed by atoms with Gasteiger partial charge in [0.25, 0.3) is 0 Å². The zero-order valence-corrected chi connectivity index (χ0v) is 9.96. The van der Waals surface area contributed by atoms with E-state index in [1.54, 1.807) is 30.3 Å². The van der Waals surface area contributed by atoms with Gasteiger partial charge in [-0.15, -0.1) is 0 Å². The molecular formula is C15H11NO3. The van der Waals surface area contributed by atoms with Crippen LogP contribution in [-0.4, -0.2) is 5.11 Å². The van der Waals surface area contributed by atoms with Crippen LogP contribution in [0.15, 0.2) is 57.7 Å². The first-order chi connectivity index (χ1) is 9.13. The van der Waals surface area contributed by atoms with Crippen molar-refractivity contribution in [2.75, 3.05) is 5.73 Å². The van der Waals surface area contributed by atoms with Crippen molar-refractivity contribution in [3.63, 3.8) is 0 Å². The molecule has 0 spiro atoms. The van der Waals surface area contributed by atoms with E-state index in [-0.39, 0.29) is 11.2 Å². The lowest BCUT2D eigenvalue weighted by Gasteiger charge is -2.04. The third-order valence-electron chi connectivity index (χ3n) is 2.91. The summed E-state index contributed by atoms with van der Waals surface area (Å²) in [4.78, 5) is 12.0. The molecule has 3 N–H and O–H groups in total. The van der Waals surface area contributed by atoms with Crippen molar-refractivity contribution in [1.82, 2.24) is 0 Å². The number of anilines is 1. The van der Waals surface area contributed by atoms with Crippen LogP contribution < -0.4 is 11.2 Å². The van der Waals surface area contributed by atoms with E-state index in [9.17, 15) is 9.90 Å². The maximum absolute atomic E-state index is 12.0. The summed E-state index contributed by atoms with van der Waals surface area (Å²) in [5, 5.41) is 9.88. The van der Waals surface area contributed by atoms with Gasteiger partial charge in [0.2, 0.25) is 0 Å². The van der Waals surface area contributed by atoms with E-state index in [4.69, 9.17) is 10.2 Å². The SMILES string of the molecule is Nc1ccc(-c2cc(=O)c3ccc(O)cc3o2)cc1. The molecule has 4 nitrogen and oxygen atoms in total. The fourth-order valence-electron chi connectivity index (χ4n) is 1.93. The molecule has 3 aromatic rings. The predicted octanol–water partition coefficient (Wildman–Crippen LogP) is 2.75. The maximum Gasteiger partial charge on any atom is 0.193 e. The van der Waals surface area contributed by atoms with Crippen LogP contribution in [0.4, 0.5) is 5.69 Å². The van der Waals surface area contributed by atoms with Gasteiger partial charge in [-0.1, -0.05) is 0 Å². The number of phenols is 1. The summed E-state index contributed by atoms with van der Waals surface area (Å²) in [5.41, 5.74) is 7.24. The molecule has 0 saturated carbocycles. The topological polar surface area (TPSA) is 76.5 Å². The van der Waals surface area contributed by atoms with E-state index in [0.717, 1.165) is 5.56 Å². The van der Waals surface area contributed by atoms with E-state index in [2.05, 4.69) is 0 Å². The molecule has 94 valence electrons. The van der Waals surface area contributed by atoms with Gasteiger partial charge in [-0.3, -0.25) is 4.79 Å². The molecule has 0 bridgehead atoms. The highest BCUT2D eigenvalue weighted by Gasteiger charge is 2.07. The summed E-state index contributed by atoms with van der Waals surface area (Å²) < 4.78 is 5.65. The van der Waals surface area contributed by atoms with Crippen LogP contribution in [0.25, 0.3) is 22.3 Å². The number of benzene rings is 2. The summed E-state index contributed by atoms with van der Waals surface area (Å²) >= 11 is 0. The van der Waals surface area contributed by atoms with Crippen molar-refractivity contribution in [3.05, 3.63) is 58.8 Å². The highest BCUT2D eigenvalue weighted by molar-refractivity contribution is 5.80. The number of nitrogens with two attached hydrogens (primary N) is 1. The lowest BCUT2D eigenvalue weighted by molar-refractivity contribution is 0.474. The second-order valence-corrected chi connectivity index (χ2v) is 4.28.